The van der Waals surface area contributed by atoms with Crippen molar-refractivity contribution in [2.75, 3.05) is 27.3 Å². The van der Waals surface area contributed by atoms with Gasteiger partial charge in [-0.1, -0.05) is 62.4 Å². The van der Waals surface area contributed by atoms with Crippen LogP contribution in [0.5, 0.6) is 17.2 Å². The van der Waals surface area contributed by atoms with Crippen LogP contribution in [0.25, 0.3) is 0 Å². The third-order valence-corrected chi connectivity index (χ3v) is 5.93. The lowest BCUT2D eigenvalue weighted by Crippen LogP contribution is -2.32. The van der Waals surface area contributed by atoms with E-state index in [0.717, 1.165) is 5.56 Å². The van der Waals surface area contributed by atoms with Gasteiger partial charge in [-0.3, -0.25) is 4.90 Å². The maximum Gasteiger partial charge on any atom is 0.387 e. The topological polar surface area (TPSA) is 51.2 Å². The molecule has 0 heterocycles. The zero-order valence-electron chi connectivity index (χ0n) is 20.6. The summed E-state index contributed by atoms with van der Waals surface area (Å²) < 4.78 is 40.4. The Labute approximate surface area is 205 Å². The number of rotatable bonds is 12. The summed E-state index contributed by atoms with van der Waals surface area (Å²) in [7, 11) is 3.26. The zero-order valence-corrected chi connectivity index (χ0v) is 20.6. The Morgan fingerprint density at radius 2 is 1.57 bits per heavy atom. The predicted molar refractivity (Wildman–Crippen MR) is 132 cm³/mol. The number of aliphatic hydroxyl groups is 1. The van der Waals surface area contributed by atoms with Gasteiger partial charge in [0.2, 0.25) is 0 Å². The van der Waals surface area contributed by atoms with E-state index >= 15 is 0 Å². The Hall–Kier alpha value is -3.16. The summed E-state index contributed by atoms with van der Waals surface area (Å²) in [4.78, 5) is 1.92. The molecule has 0 aliphatic carbocycles. The van der Waals surface area contributed by atoms with Gasteiger partial charge in [-0.15, -0.1) is 0 Å². The number of nitrogens with zero attached hydrogens (tertiary/aromatic N) is 1. The van der Waals surface area contributed by atoms with Gasteiger partial charge < -0.3 is 19.3 Å². The maximum absolute atomic E-state index is 12.5. The molecular weight excluding hydrogens is 452 g/mol. The van der Waals surface area contributed by atoms with Crippen molar-refractivity contribution in [3.05, 3.63) is 89.5 Å². The first-order valence-corrected chi connectivity index (χ1v) is 11.5. The van der Waals surface area contributed by atoms with Gasteiger partial charge in [0, 0.05) is 18.5 Å². The highest BCUT2D eigenvalue weighted by atomic mass is 19.3. The average molecular weight is 486 g/mol. The molecule has 0 aliphatic heterocycles. The van der Waals surface area contributed by atoms with Crippen molar-refractivity contribution in [2.45, 2.75) is 38.5 Å². The minimum Gasteiger partial charge on any atom is -0.493 e. The molecule has 188 valence electrons. The Morgan fingerprint density at radius 3 is 2.20 bits per heavy atom. The molecule has 0 spiro atoms. The van der Waals surface area contributed by atoms with E-state index in [2.05, 4.69) is 42.8 Å². The molecule has 3 aromatic carbocycles. The summed E-state index contributed by atoms with van der Waals surface area (Å²) in [6, 6.07) is 23.1. The van der Waals surface area contributed by atoms with Gasteiger partial charge >= 0.3 is 6.61 Å². The van der Waals surface area contributed by atoms with Crippen molar-refractivity contribution in [2.24, 2.45) is 0 Å². The van der Waals surface area contributed by atoms with Crippen LogP contribution in [-0.4, -0.2) is 50.0 Å². The maximum atomic E-state index is 12.5. The number of aliphatic hydroxyl groups excluding tert-OH is 1. The molecule has 35 heavy (non-hydrogen) atoms. The minimum absolute atomic E-state index is 0.0134. The molecule has 0 fully saturated rings. The molecule has 7 heteroatoms. The van der Waals surface area contributed by atoms with Crippen LogP contribution in [0.15, 0.2) is 72.8 Å². The van der Waals surface area contributed by atoms with Crippen LogP contribution >= 0.6 is 0 Å². The van der Waals surface area contributed by atoms with Crippen LogP contribution < -0.4 is 14.2 Å². The predicted octanol–water partition coefficient (Wildman–Crippen LogP) is 5.49. The van der Waals surface area contributed by atoms with Gasteiger partial charge in [0.1, 0.15) is 18.5 Å². The van der Waals surface area contributed by atoms with E-state index in [-0.39, 0.29) is 23.5 Å². The third-order valence-electron chi connectivity index (χ3n) is 5.93. The summed E-state index contributed by atoms with van der Waals surface area (Å²) in [6.45, 7) is 2.47. The fraction of sp³-hybridized carbons (Fsp3) is 0.357. The SMILES string of the molecule is COc1cc(CN(C)C[C@H](O)COc2ccc(C(C)(C)c3ccccc3)cc2)ccc1OC(F)F. The number of hydrogen-bond donors (Lipinski definition) is 1. The van der Waals surface area contributed by atoms with E-state index in [1.165, 1.54) is 24.3 Å². The summed E-state index contributed by atoms with van der Waals surface area (Å²) in [5.41, 5.74) is 3.13. The number of alkyl halides is 2. The third kappa shape index (κ3) is 7.41. The second-order valence-corrected chi connectivity index (χ2v) is 9.04. The quantitative estimate of drug-likeness (QED) is 0.368. The highest BCUT2D eigenvalue weighted by Crippen LogP contribution is 2.32. The van der Waals surface area contributed by atoms with E-state index in [1.54, 1.807) is 12.1 Å². The van der Waals surface area contributed by atoms with Gasteiger partial charge in [-0.25, -0.2) is 0 Å². The van der Waals surface area contributed by atoms with Gasteiger partial charge in [-0.2, -0.15) is 8.78 Å². The van der Waals surface area contributed by atoms with Crippen LogP contribution in [-0.2, 0) is 12.0 Å². The summed E-state index contributed by atoms with van der Waals surface area (Å²) in [6.07, 6.45) is -0.705. The Morgan fingerprint density at radius 1 is 0.914 bits per heavy atom. The molecule has 0 unspecified atom stereocenters. The largest absolute Gasteiger partial charge is 0.493 e. The average Bonchev–Trinajstić information content (AvgIpc) is 2.84. The molecule has 0 saturated carbocycles. The van der Waals surface area contributed by atoms with Crippen molar-refractivity contribution in [1.82, 2.24) is 4.90 Å². The molecule has 3 aromatic rings. The van der Waals surface area contributed by atoms with Crippen molar-refractivity contribution >= 4 is 0 Å². The molecule has 1 atom stereocenters. The minimum atomic E-state index is -2.92. The van der Waals surface area contributed by atoms with Crippen molar-refractivity contribution in [3.8, 4) is 17.2 Å². The van der Waals surface area contributed by atoms with E-state index in [9.17, 15) is 13.9 Å². The fourth-order valence-electron chi connectivity index (χ4n) is 3.97. The molecule has 1 N–H and O–H groups in total. The lowest BCUT2D eigenvalue weighted by Gasteiger charge is -2.26. The molecule has 0 saturated heterocycles. The first-order valence-electron chi connectivity index (χ1n) is 11.5. The zero-order chi connectivity index (χ0) is 25.4. The Kier molecular flexibility index (Phi) is 9.07. The van der Waals surface area contributed by atoms with E-state index in [1.807, 2.05) is 42.3 Å². The van der Waals surface area contributed by atoms with Crippen LogP contribution in [0.1, 0.15) is 30.5 Å². The number of halogens is 2. The Bertz CT molecular complexity index is 1060. The number of ether oxygens (including phenoxy) is 3. The Balaban J connectivity index is 1.50. The normalized spacial score (nSPS) is 12.6. The summed E-state index contributed by atoms with van der Waals surface area (Å²) in [5, 5.41) is 10.4. The second-order valence-electron chi connectivity index (χ2n) is 9.04. The van der Waals surface area contributed by atoms with E-state index < -0.39 is 12.7 Å². The van der Waals surface area contributed by atoms with Gasteiger partial charge in [-0.05, 0) is 48.0 Å². The highest BCUT2D eigenvalue weighted by molar-refractivity contribution is 5.43. The van der Waals surface area contributed by atoms with Crippen LogP contribution in [0, 0.1) is 0 Å². The monoisotopic (exact) mass is 485 g/mol. The van der Waals surface area contributed by atoms with Crippen LogP contribution in [0.3, 0.4) is 0 Å². The van der Waals surface area contributed by atoms with Crippen molar-refractivity contribution in [3.63, 3.8) is 0 Å². The molecule has 0 radical (unpaired) electrons. The van der Waals surface area contributed by atoms with Crippen molar-refractivity contribution in [1.29, 1.82) is 0 Å². The molecule has 5 nitrogen and oxygen atoms in total. The first-order chi connectivity index (χ1) is 16.7. The molecule has 0 amide bonds. The lowest BCUT2D eigenvalue weighted by molar-refractivity contribution is -0.0512. The second kappa shape index (κ2) is 12.0. The van der Waals surface area contributed by atoms with Gasteiger partial charge in [0.25, 0.3) is 0 Å². The smallest absolute Gasteiger partial charge is 0.387 e. The van der Waals surface area contributed by atoms with Crippen molar-refractivity contribution < 1.29 is 28.1 Å². The molecule has 0 bridgehead atoms. The van der Waals surface area contributed by atoms with Gasteiger partial charge in [0.15, 0.2) is 11.5 Å². The molecule has 3 rings (SSSR count). The van der Waals surface area contributed by atoms with E-state index in [0.29, 0.717) is 18.8 Å². The number of likely N-dealkylation sites (N-methyl/N-ethyl adjacent to an activating group) is 1. The molecule has 0 aromatic heterocycles. The lowest BCUT2D eigenvalue weighted by atomic mass is 9.78. The summed E-state index contributed by atoms with van der Waals surface area (Å²) >= 11 is 0. The highest BCUT2D eigenvalue weighted by Gasteiger charge is 2.22. The fourth-order valence-corrected chi connectivity index (χ4v) is 3.97. The first kappa shape index (κ1) is 26.4. The van der Waals surface area contributed by atoms with Gasteiger partial charge in [0.05, 0.1) is 7.11 Å². The number of hydrogen-bond acceptors (Lipinski definition) is 5. The van der Waals surface area contributed by atoms with Crippen LogP contribution in [0.2, 0.25) is 0 Å². The standard InChI is InChI=1S/C28H33F2NO4/c1-28(2,21-8-6-5-7-9-21)22-11-13-24(14-12-22)34-19-23(32)18-31(3)17-20-10-15-25(35-27(29)30)26(16-20)33-4/h5-16,23,27,32H,17-19H2,1-4H3/t23-/m0/s1. The van der Waals surface area contributed by atoms with Crippen LogP contribution in [0.4, 0.5) is 8.78 Å². The van der Waals surface area contributed by atoms with E-state index in [4.69, 9.17) is 9.47 Å². The number of benzene rings is 3. The summed E-state index contributed by atoms with van der Waals surface area (Å²) in [5.74, 6) is 0.915. The molecule has 0 aliphatic rings. The molecular formula is C28H33F2NO4. The number of methoxy groups -OCH3 is 1.